The minimum atomic E-state index is -0.755. The molecular weight excluding hydrogens is 268 g/mol. The van der Waals surface area contributed by atoms with E-state index in [0.717, 1.165) is 38.5 Å². The zero-order valence-electron chi connectivity index (χ0n) is 13.4. The Morgan fingerprint density at radius 3 is 2.38 bits per heavy atom. The number of nitrogens with one attached hydrogen (secondary N) is 1. The second-order valence-electron chi connectivity index (χ2n) is 6.74. The second-order valence-corrected chi connectivity index (χ2v) is 6.74. The summed E-state index contributed by atoms with van der Waals surface area (Å²) in [5, 5.41) is 11.8. The van der Waals surface area contributed by atoms with Gasteiger partial charge >= 0.3 is 5.97 Å². The molecule has 0 bridgehead atoms. The number of amides is 1. The maximum Gasteiger partial charge on any atom is 0.306 e. The SMILES string of the molecule is CC(CCCC(C)C(=O)O)NC(=O)CC1(N)CCCCC1. The van der Waals surface area contributed by atoms with Gasteiger partial charge in [0, 0.05) is 18.0 Å². The Balaban J connectivity index is 2.22. The highest BCUT2D eigenvalue weighted by atomic mass is 16.4. The van der Waals surface area contributed by atoms with Crippen molar-refractivity contribution in [3.63, 3.8) is 0 Å². The van der Waals surface area contributed by atoms with Gasteiger partial charge in [0.05, 0.1) is 5.92 Å². The first kappa shape index (κ1) is 18.0. The third-order valence-electron chi connectivity index (χ3n) is 4.47. The van der Waals surface area contributed by atoms with Crippen LogP contribution in [-0.4, -0.2) is 28.6 Å². The molecule has 122 valence electrons. The number of nitrogens with two attached hydrogens (primary N) is 1. The van der Waals surface area contributed by atoms with Crippen LogP contribution in [-0.2, 0) is 9.59 Å². The van der Waals surface area contributed by atoms with Crippen LogP contribution >= 0.6 is 0 Å². The zero-order valence-corrected chi connectivity index (χ0v) is 13.4. The average molecular weight is 298 g/mol. The van der Waals surface area contributed by atoms with Crippen LogP contribution in [0.5, 0.6) is 0 Å². The number of carboxylic acids is 1. The Labute approximate surface area is 127 Å². The summed E-state index contributed by atoms with van der Waals surface area (Å²) in [5.74, 6) is -1.05. The molecule has 21 heavy (non-hydrogen) atoms. The van der Waals surface area contributed by atoms with Gasteiger partial charge in [-0.05, 0) is 32.6 Å². The number of carbonyl (C=O) groups excluding carboxylic acids is 1. The van der Waals surface area contributed by atoms with Crippen LogP contribution in [0.15, 0.2) is 0 Å². The van der Waals surface area contributed by atoms with Crippen molar-refractivity contribution in [3.8, 4) is 0 Å². The standard InChI is InChI=1S/C16H30N2O3/c1-12(15(20)21)7-6-8-13(2)18-14(19)11-16(17)9-4-3-5-10-16/h12-13H,3-11,17H2,1-2H3,(H,18,19)(H,20,21). The Morgan fingerprint density at radius 2 is 1.81 bits per heavy atom. The number of carbonyl (C=O) groups is 2. The molecule has 0 heterocycles. The van der Waals surface area contributed by atoms with E-state index in [1.165, 1.54) is 6.42 Å². The minimum absolute atomic E-state index is 0.0261. The average Bonchev–Trinajstić information content (AvgIpc) is 2.38. The van der Waals surface area contributed by atoms with Crippen LogP contribution in [0.2, 0.25) is 0 Å². The van der Waals surface area contributed by atoms with E-state index < -0.39 is 5.97 Å². The van der Waals surface area contributed by atoms with Gasteiger partial charge in [-0.3, -0.25) is 9.59 Å². The molecule has 1 saturated carbocycles. The molecule has 1 amide bonds. The Kier molecular flexibility index (Phi) is 7.15. The first-order valence-corrected chi connectivity index (χ1v) is 8.13. The lowest BCUT2D eigenvalue weighted by Gasteiger charge is -2.33. The Hall–Kier alpha value is -1.10. The Bertz CT molecular complexity index is 351. The molecule has 4 N–H and O–H groups in total. The van der Waals surface area contributed by atoms with Gasteiger partial charge in [0.25, 0.3) is 0 Å². The normalized spacial score (nSPS) is 20.5. The van der Waals surface area contributed by atoms with Gasteiger partial charge in [0.2, 0.25) is 5.91 Å². The summed E-state index contributed by atoms with van der Waals surface area (Å²) in [6.07, 6.45) is 8.00. The molecule has 0 aromatic carbocycles. The van der Waals surface area contributed by atoms with Crippen LogP contribution in [0.3, 0.4) is 0 Å². The van der Waals surface area contributed by atoms with E-state index in [1.807, 2.05) is 6.92 Å². The summed E-state index contributed by atoms with van der Waals surface area (Å²) < 4.78 is 0. The summed E-state index contributed by atoms with van der Waals surface area (Å²) in [4.78, 5) is 22.8. The van der Waals surface area contributed by atoms with Crippen molar-refractivity contribution in [1.29, 1.82) is 0 Å². The van der Waals surface area contributed by atoms with Gasteiger partial charge in [-0.2, -0.15) is 0 Å². The highest BCUT2D eigenvalue weighted by Crippen LogP contribution is 2.28. The molecule has 0 aliphatic heterocycles. The first-order chi connectivity index (χ1) is 9.82. The van der Waals surface area contributed by atoms with E-state index in [9.17, 15) is 9.59 Å². The van der Waals surface area contributed by atoms with E-state index in [-0.39, 0.29) is 23.4 Å². The van der Waals surface area contributed by atoms with E-state index in [4.69, 9.17) is 10.8 Å². The summed E-state index contributed by atoms with van der Waals surface area (Å²) >= 11 is 0. The van der Waals surface area contributed by atoms with Crippen molar-refractivity contribution < 1.29 is 14.7 Å². The number of rotatable bonds is 8. The van der Waals surface area contributed by atoms with Crippen molar-refractivity contribution in [3.05, 3.63) is 0 Å². The highest BCUT2D eigenvalue weighted by molar-refractivity contribution is 5.77. The quantitative estimate of drug-likeness (QED) is 0.641. The smallest absolute Gasteiger partial charge is 0.306 e. The zero-order chi connectivity index (χ0) is 15.9. The fraction of sp³-hybridized carbons (Fsp3) is 0.875. The largest absolute Gasteiger partial charge is 0.481 e. The molecule has 1 fully saturated rings. The third-order valence-corrected chi connectivity index (χ3v) is 4.47. The lowest BCUT2D eigenvalue weighted by molar-refractivity contribution is -0.141. The van der Waals surface area contributed by atoms with Gasteiger partial charge in [-0.25, -0.2) is 0 Å². The fourth-order valence-electron chi connectivity index (χ4n) is 3.00. The molecule has 2 unspecified atom stereocenters. The maximum atomic E-state index is 12.0. The number of aliphatic carboxylic acids is 1. The van der Waals surface area contributed by atoms with Crippen LogP contribution < -0.4 is 11.1 Å². The summed E-state index contributed by atoms with van der Waals surface area (Å²) in [6, 6.07) is 0.0747. The molecule has 2 atom stereocenters. The molecule has 0 spiro atoms. The summed E-state index contributed by atoms with van der Waals surface area (Å²) in [6.45, 7) is 3.68. The number of carboxylic acid groups (broad SMARTS) is 1. The molecule has 5 heteroatoms. The van der Waals surface area contributed by atoms with E-state index in [0.29, 0.717) is 12.8 Å². The third kappa shape index (κ3) is 6.93. The summed E-state index contributed by atoms with van der Waals surface area (Å²) in [7, 11) is 0. The van der Waals surface area contributed by atoms with Gasteiger partial charge in [0.1, 0.15) is 0 Å². The predicted octanol–water partition coefficient (Wildman–Crippen LogP) is 2.43. The van der Waals surface area contributed by atoms with E-state index >= 15 is 0 Å². The summed E-state index contributed by atoms with van der Waals surface area (Å²) in [5.41, 5.74) is 5.96. The Morgan fingerprint density at radius 1 is 1.19 bits per heavy atom. The van der Waals surface area contributed by atoms with Crippen molar-refractivity contribution in [2.45, 2.75) is 83.2 Å². The van der Waals surface area contributed by atoms with Crippen molar-refractivity contribution >= 4 is 11.9 Å². The molecule has 0 aromatic heterocycles. The van der Waals surface area contributed by atoms with Gasteiger partial charge in [-0.15, -0.1) is 0 Å². The lowest BCUT2D eigenvalue weighted by atomic mass is 9.80. The lowest BCUT2D eigenvalue weighted by Crippen LogP contribution is -2.47. The second kappa shape index (κ2) is 8.37. The van der Waals surface area contributed by atoms with Crippen molar-refractivity contribution in [1.82, 2.24) is 5.32 Å². The molecule has 1 aliphatic carbocycles. The van der Waals surface area contributed by atoms with E-state index in [2.05, 4.69) is 5.32 Å². The maximum absolute atomic E-state index is 12.0. The topological polar surface area (TPSA) is 92.4 Å². The molecule has 0 aromatic rings. The van der Waals surface area contributed by atoms with Crippen LogP contribution in [0.1, 0.15) is 71.6 Å². The monoisotopic (exact) mass is 298 g/mol. The molecule has 5 nitrogen and oxygen atoms in total. The van der Waals surface area contributed by atoms with Crippen molar-refractivity contribution in [2.24, 2.45) is 11.7 Å². The van der Waals surface area contributed by atoms with Crippen LogP contribution in [0.4, 0.5) is 0 Å². The predicted molar refractivity (Wildman–Crippen MR) is 82.9 cm³/mol. The minimum Gasteiger partial charge on any atom is -0.481 e. The van der Waals surface area contributed by atoms with Gasteiger partial charge in [-0.1, -0.05) is 32.6 Å². The van der Waals surface area contributed by atoms with Gasteiger partial charge in [0.15, 0.2) is 0 Å². The van der Waals surface area contributed by atoms with Crippen LogP contribution in [0, 0.1) is 5.92 Å². The van der Waals surface area contributed by atoms with Crippen LogP contribution in [0.25, 0.3) is 0 Å². The fourth-order valence-corrected chi connectivity index (χ4v) is 3.00. The van der Waals surface area contributed by atoms with Crippen molar-refractivity contribution in [2.75, 3.05) is 0 Å². The highest BCUT2D eigenvalue weighted by Gasteiger charge is 2.30. The molecule has 0 saturated heterocycles. The van der Waals surface area contributed by atoms with E-state index in [1.54, 1.807) is 6.92 Å². The molecular formula is C16H30N2O3. The molecule has 1 rings (SSSR count). The van der Waals surface area contributed by atoms with Gasteiger partial charge < -0.3 is 16.2 Å². The number of hydrogen-bond donors (Lipinski definition) is 3. The molecule has 0 radical (unpaired) electrons. The molecule has 1 aliphatic rings. The first-order valence-electron chi connectivity index (χ1n) is 8.13. The number of hydrogen-bond acceptors (Lipinski definition) is 3.